The number of benzene rings is 2. The molecule has 0 radical (unpaired) electrons. The topological polar surface area (TPSA) is 55.8 Å². The molecule has 0 aliphatic carbocycles. The highest BCUT2D eigenvalue weighted by atomic mass is 16.6. The summed E-state index contributed by atoms with van der Waals surface area (Å²) in [6.45, 7) is 1.97. The molecule has 1 amide bonds. The van der Waals surface area contributed by atoms with Crippen LogP contribution in [-0.2, 0) is 20.7 Å². The average molecular weight is 339 g/mol. The van der Waals surface area contributed by atoms with Crippen molar-refractivity contribution in [1.29, 1.82) is 0 Å². The Morgan fingerprint density at radius 1 is 1.08 bits per heavy atom. The molecule has 0 saturated carbocycles. The minimum atomic E-state index is -0.774. The van der Waals surface area contributed by atoms with Crippen molar-refractivity contribution < 1.29 is 19.1 Å². The molecule has 1 heterocycles. The lowest BCUT2D eigenvalue weighted by Crippen LogP contribution is -2.39. The molecule has 0 unspecified atom stereocenters. The first-order valence-corrected chi connectivity index (χ1v) is 8.42. The Morgan fingerprint density at radius 2 is 1.80 bits per heavy atom. The van der Waals surface area contributed by atoms with Crippen LogP contribution in [0.1, 0.15) is 18.9 Å². The second-order valence-electron chi connectivity index (χ2n) is 5.96. The number of fused-ring (bicyclic) bond motifs is 1. The summed E-state index contributed by atoms with van der Waals surface area (Å²) < 4.78 is 10.7. The molecule has 2 aromatic rings. The summed E-state index contributed by atoms with van der Waals surface area (Å²) in [5.74, 6) is -0.182. The maximum Gasteiger partial charge on any atom is 0.347 e. The number of para-hydroxylation sites is 2. The number of hydrogen-bond donors (Lipinski definition) is 0. The first kappa shape index (κ1) is 17.0. The third kappa shape index (κ3) is 4.18. The predicted molar refractivity (Wildman–Crippen MR) is 94.6 cm³/mol. The fourth-order valence-corrected chi connectivity index (χ4v) is 2.87. The van der Waals surface area contributed by atoms with Gasteiger partial charge < -0.3 is 14.4 Å². The summed E-state index contributed by atoms with van der Waals surface area (Å²) in [7, 11) is 0. The fourth-order valence-electron chi connectivity index (χ4n) is 2.87. The van der Waals surface area contributed by atoms with Gasteiger partial charge in [0.25, 0.3) is 5.91 Å². The molecule has 25 heavy (non-hydrogen) atoms. The van der Waals surface area contributed by atoms with Crippen molar-refractivity contribution in [3.05, 3.63) is 60.2 Å². The zero-order valence-electron chi connectivity index (χ0n) is 14.2. The Balaban J connectivity index is 1.55. The molecule has 1 aliphatic rings. The molecule has 1 atom stereocenters. The van der Waals surface area contributed by atoms with E-state index in [-0.39, 0.29) is 12.5 Å². The van der Waals surface area contributed by atoms with Gasteiger partial charge in [-0.05, 0) is 43.5 Å². The van der Waals surface area contributed by atoms with Crippen LogP contribution in [0.25, 0.3) is 0 Å². The molecule has 0 bridgehead atoms. The maximum absolute atomic E-state index is 12.5. The standard InChI is InChI=1S/C20H21NO4/c1-15(25-17-10-3-2-4-11-17)20(23)24-14-19(22)21-13-7-9-16-8-5-6-12-18(16)21/h2-6,8,10-12,15H,7,9,13-14H2,1H3/t15-/m0/s1. The SMILES string of the molecule is C[C@H](Oc1ccccc1)C(=O)OCC(=O)N1CCCc2ccccc21. The van der Waals surface area contributed by atoms with Crippen LogP contribution in [0.3, 0.4) is 0 Å². The van der Waals surface area contributed by atoms with Crippen molar-refractivity contribution in [2.75, 3.05) is 18.1 Å². The van der Waals surface area contributed by atoms with Gasteiger partial charge in [0.15, 0.2) is 12.7 Å². The van der Waals surface area contributed by atoms with E-state index in [9.17, 15) is 9.59 Å². The molecule has 1 aliphatic heterocycles. The van der Waals surface area contributed by atoms with Crippen molar-refractivity contribution in [3.63, 3.8) is 0 Å². The van der Waals surface area contributed by atoms with Crippen LogP contribution in [0.15, 0.2) is 54.6 Å². The number of anilines is 1. The summed E-state index contributed by atoms with van der Waals surface area (Å²) in [5.41, 5.74) is 2.05. The number of rotatable bonds is 5. The van der Waals surface area contributed by atoms with E-state index in [4.69, 9.17) is 9.47 Å². The van der Waals surface area contributed by atoms with Gasteiger partial charge in [-0.3, -0.25) is 4.79 Å². The summed E-state index contributed by atoms with van der Waals surface area (Å²) in [5, 5.41) is 0. The summed E-state index contributed by atoms with van der Waals surface area (Å²) in [4.78, 5) is 26.2. The first-order chi connectivity index (χ1) is 12.1. The number of nitrogens with zero attached hydrogens (tertiary/aromatic N) is 1. The second-order valence-corrected chi connectivity index (χ2v) is 5.96. The van der Waals surface area contributed by atoms with Crippen LogP contribution < -0.4 is 9.64 Å². The number of carbonyl (C=O) groups excluding carboxylic acids is 2. The molecular formula is C20H21NO4. The van der Waals surface area contributed by atoms with Gasteiger partial charge in [0, 0.05) is 12.2 Å². The Morgan fingerprint density at radius 3 is 2.60 bits per heavy atom. The number of ether oxygens (including phenoxy) is 2. The van der Waals surface area contributed by atoms with Crippen LogP contribution in [0.5, 0.6) is 5.75 Å². The Bertz CT molecular complexity index is 744. The monoisotopic (exact) mass is 339 g/mol. The number of carbonyl (C=O) groups is 2. The average Bonchev–Trinajstić information content (AvgIpc) is 2.66. The van der Waals surface area contributed by atoms with E-state index in [1.54, 1.807) is 24.0 Å². The number of esters is 1. The lowest BCUT2D eigenvalue weighted by Gasteiger charge is -2.29. The molecule has 0 fully saturated rings. The van der Waals surface area contributed by atoms with E-state index in [1.807, 2.05) is 42.5 Å². The molecule has 0 saturated heterocycles. The zero-order valence-corrected chi connectivity index (χ0v) is 14.2. The van der Waals surface area contributed by atoms with E-state index in [1.165, 1.54) is 0 Å². The molecule has 0 N–H and O–H groups in total. The molecule has 0 aromatic heterocycles. The van der Waals surface area contributed by atoms with Crippen molar-refractivity contribution >= 4 is 17.6 Å². The van der Waals surface area contributed by atoms with E-state index in [0.29, 0.717) is 12.3 Å². The maximum atomic E-state index is 12.5. The van der Waals surface area contributed by atoms with E-state index in [0.717, 1.165) is 24.1 Å². The van der Waals surface area contributed by atoms with Gasteiger partial charge in [-0.15, -0.1) is 0 Å². The number of amides is 1. The normalized spacial score (nSPS) is 14.4. The lowest BCUT2D eigenvalue weighted by molar-refractivity contribution is -0.154. The van der Waals surface area contributed by atoms with Crippen molar-refractivity contribution in [1.82, 2.24) is 0 Å². The van der Waals surface area contributed by atoms with Gasteiger partial charge in [0.05, 0.1) is 0 Å². The van der Waals surface area contributed by atoms with Crippen LogP contribution in [-0.4, -0.2) is 31.1 Å². The van der Waals surface area contributed by atoms with Gasteiger partial charge in [-0.1, -0.05) is 36.4 Å². The molecule has 2 aromatic carbocycles. The molecule has 0 spiro atoms. The highest BCUT2D eigenvalue weighted by Gasteiger charge is 2.24. The number of hydrogen-bond acceptors (Lipinski definition) is 4. The lowest BCUT2D eigenvalue weighted by atomic mass is 10.0. The minimum absolute atomic E-state index is 0.215. The van der Waals surface area contributed by atoms with Crippen LogP contribution >= 0.6 is 0 Å². The summed E-state index contributed by atoms with van der Waals surface area (Å²) >= 11 is 0. The fraction of sp³-hybridized carbons (Fsp3) is 0.300. The zero-order chi connectivity index (χ0) is 17.6. The Hall–Kier alpha value is -2.82. The van der Waals surface area contributed by atoms with Crippen LogP contribution in [0.2, 0.25) is 0 Å². The van der Waals surface area contributed by atoms with Crippen LogP contribution in [0.4, 0.5) is 5.69 Å². The predicted octanol–water partition coefficient (Wildman–Crippen LogP) is 2.98. The third-order valence-electron chi connectivity index (χ3n) is 4.14. The molecular weight excluding hydrogens is 318 g/mol. The van der Waals surface area contributed by atoms with Crippen LogP contribution in [0, 0.1) is 0 Å². The van der Waals surface area contributed by atoms with Crippen molar-refractivity contribution in [2.45, 2.75) is 25.9 Å². The van der Waals surface area contributed by atoms with Gasteiger partial charge in [0.2, 0.25) is 0 Å². The Kier molecular flexibility index (Phi) is 5.33. The van der Waals surface area contributed by atoms with Gasteiger partial charge in [-0.2, -0.15) is 0 Å². The second kappa shape index (κ2) is 7.83. The number of aryl methyl sites for hydroxylation is 1. The molecule has 5 heteroatoms. The molecule has 5 nitrogen and oxygen atoms in total. The summed E-state index contributed by atoms with van der Waals surface area (Å²) in [6, 6.07) is 16.9. The van der Waals surface area contributed by atoms with E-state index >= 15 is 0 Å². The molecule has 3 rings (SSSR count). The van der Waals surface area contributed by atoms with Gasteiger partial charge in [0.1, 0.15) is 5.75 Å². The molecule has 130 valence electrons. The Labute approximate surface area is 147 Å². The van der Waals surface area contributed by atoms with Crippen molar-refractivity contribution in [3.8, 4) is 5.75 Å². The largest absolute Gasteiger partial charge is 0.479 e. The highest BCUT2D eigenvalue weighted by Crippen LogP contribution is 2.26. The first-order valence-electron chi connectivity index (χ1n) is 8.42. The quantitative estimate of drug-likeness (QED) is 0.786. The van der Waals surface area contributed by atoms with E-state index < -0.39 is 12.1 Å². The highest BCUT2D eigenvalue weighted by molar-refractivity contribution is 5.96. The third-order valence-corrected chi connectivity index (χ3v) is 4.14. The minimum Gasteiger partial charge on any atom is -0.479 e. The van der Waals surface area contributed by atoms with Crippen molar-refractivity contribution in [2.24, 2.45) is 0 Å². The van der Waals surface area contributed by atoms with E-state index in [2.05, 4.69) is 0 Å². The van der Waals surface area contributed by atoms with Gasteiger partial charge >= 0.3 is 5.97 Å². The summed E-state index contributed by atoms with van der Waals surface area (Å²) in [6.07, 6.45) is 1.09. The smallest absolute Gasteiger partial charge is 0.347 e. The van der Waals surface area contributed by atoms with Gasteiger partial charge in [-0.25, -0.2) is 4.79 Å².